The van der Waals surface area contributed by atoms with E-state index in [2.05, 4.69) is 5.10 Å². The van der Waals surface area contributed by atoms with Gasteiger partial charge in [-0.05, 0) is 37.2 Å². The van der Waals surface area contributed by atoms with Gasteiger partial charge in [0.15, 0.2) is 4.87 Å². The van der Waals surface area contributed by atoms with Crippen LogP contribution in [-0.2, 0) is 15.8 Å². The molecule has 2 atom stereocenters. The number of alkyl halides is 3. The van der Waals surface area contributed by atoms with Gasteiger partial charge in [-0.3, -0.25) is 4.79 Å². The van der Waals surface area contributed by atoms with E-state index < -0.39 is 28.3 Å². The summed E-state index contributed by atoms with van der Waals surface area (Å²) in [5, 5.41) is 5.54. The van der Waals surface area contributed by atoms with E-state index in [0.29, 0.717) is 30.3 Å². The van der Waals surface area contributed by atoms with Crippen molar-refractivity contribution in [3.63, 3.8) is 0 Å². The Morgan fingerprint density at radius 1 is 1.32 bits per heavy atom. The van der Waals surface area contributed by atoms with E-state index in [4.69, 9.17) is 10.5 Å². The number of nitrogens with zero attached hydrogens (tertiary/aromatic N) is 2. The zero-order chi connectivity index (χ0) is 22.4. The highest BCUT2D eigenvalue weighted by atomic mass is 32.2. The van der Waals surface area contributed by atoms with Crippen LogP contribution in [0.4, 0.5) is 17.6 Å². The SMILES string of the molecule is CC(=O)N1N=C(c2cc(C(F)(F)F)ccc2F)S[C@]12c1ccccc1OC[C@H]2CCN. The molecule has 0 saturated heterocycles. The maximum absolute atomic E-state index is 14.6. The lowest BCUT2D eigenvalue weighted by molar-refractivity contribution is -0.137. The zero-order valence-electron chi connectivity index (χ0n) is 16.4. The van der Waals surface area contributed by atoms with Gasteiger partial charge in [0.05, 0.1) is 12.2 Å². The minimum absolute atomic E-state index is 0.00229. The standard InChI is InChI=1S/C21H19F4N3O2S/c1-12(29)28-20(14(8-9-26)11-30-18-5-3-2-4-16(18)20)31-19(27-28)15-10-13(21(23,24)25)6-7-17(15)22/h2-7,10,14H,8-9,11,26H2,1H3/t14-,20-/m1/s1. The second-order valence-electron chi connectivity index (χ2n) is 7.31. The fourth-order valence-corrected chi connectivity index (χ4v) is 5.54. The van der Waals surface area contributed by atoms with Crippen molar-refractivity contribution in [3.05, 3.63) is 65.0 Å². The van der Waals surface area contributed by atoms with Crippen LogP contribution >= 0.6 is 11.8 Å². The van der Waals surface area contributed by atoms with Crippen LogP contribution < -0.4 is 10.5 Å². The Balaban J connectivity index is 1.88. The number of carbonyl (C=O) groups is 1. The summed E-state index contributed by atoms with van der Waals surface area (Å²) >= 11 is 1.06. The van der Waals surface area contributed by atoms with Gasteiger partial charge in [-0.15, -0.1) is 0 Å². The molecule has 2 N–H and O–H groups in total. The second-order valence-corrected chi connectivity index (χ2v) is 8.52. The normalized spacial score (nSPS) is 22.8. The van der Waals surface area contributed by atoms with Crippen molar-refractivity contribution < 1.29 is 27.1 Å². The molecule has 2 aliphatic heterocycles. The lowest BCUT2D eigenvalue weighted by Gasteiger charge is -2.45. The smallest absolute Gasteiger partial charge is 0.416 e. The molecule has 0 aromatic heterocycles. The summed E-state index contributed by atoms with van der Waals surface area (Å²) in [6.07, 6.45) is -4.17. The summed E-state index contributed by atoms with van der Waals surface area (Å²) in [5.41, 5.74) is 5.14. The number of benzene rings is 2. The third-order valence-corrected chi connectivity index (χ3v) is 6.89. The van der Waals surface area contributed by atoms with Crippen LogP contribution in [0.15, 0.2) is 47.6 Å². The molecule has 1 spiro atoms. The quantitative estimate of drug-likeness (QED) is 0.704. The van der Waals surface area contributed by atoms with Crippen molar-refractivity contribution in [1.29, 1.82) is 0 Å². The van der Waals surface area contributed by atoms with Crippen LogP contribution in [0.5, 0.6) is 5.75 Å². The maximum atomic E-state index is 14.6. The fraction of sp³-hybridized carbons (Fsp3) is 0.333. The Hall–Kier alpha value is -2.59. The molecule has 4 rings (SSSR count). The van der Waals surface area contributed by atoms with Gasteiger partial charge >= 0.3 is 6.18 Å². The molecule has 2 heterocycles. The third-order valence-electron chi connectivity index (χ3n) is 5.36. The van der Waals surface area contributed by atoms with Gasteiger partial charge in [0.25, 0.3) is 0 Å². The molecule has 0 radical (unpaired) electrons. The van der Waals surface area contributed by atoms with Crippen LogP contribution in [0.3, 0.4) is 0 Å². The molecule has 0 fully saturated rings. The molecular weight excluding hydrogens is 434 g/mol. The molecule has 0 aliphatic carbocycles. The first-order valence-corrected chi connectivity index (χ1v) is 10.4. The first-order chi connectivity index (χ1) is 14.7. The van der Waals surface area contributed by atoms with Gasteiger partial charge in [0.1, 0.15) is 16.6 Å². The number of amides is 1. The van der Waals surface area contributed by atoms with Crippen molar-refractivity contribution in [1.82, 2.24) is 5.01 Å². The van der Waals surface area contributed by atoms with E-state index in [9.17, 15) is 22.4 Å². The van der Waals surface area contributed by atoms with Crippen molar-refractivity contribution in [2.75, 3.05) is 13.2 Å². The summed E-state index contributed by atoms with van der Waals surface area (Å²) in [6, 6.07) is 9.25. The number of hydrazone groups is 1. The van der Waals surface area contributed by atoms with Crippen LogP contribution in [0.25, 0.3) is 0 Å². The average Bonchev–Trinajstić information content (AvgIpc) is 3.11. The summed E-state index contributed by atoms with van der Waals surface area (Å²) < 4.78 is 60.2. The van der Waals surface area contributed by atoms with Gasteiger partial charge in [0.2, 0.25) is 5.91 Å². The van der Waals surface area contributed by atoms with Gasteiger partial charge in [-0.25, -0.2) is 9.40 Å². The predicted octanol–water partition coefficient (Wildman–Crippen LogP) is 4.31. The molecule has 5 nitrogen and oxygen atoms in total. The largest absolute Gasteiger partial charge is 0.493 e. The van der Waals surface area contributed by atoms with E-state index in [-0.39, 0.29) is 23.1 Å². The highest BCUT2D eigenvalue weighted by molar-refractivity contribution is 8.15. The number of rotatable bonds is 3. The Bertz CT molecular complexity index is 1060. The van der Waals surface area contributed by atoms with Crippen molar-refractivity contribution in [2.24, 2.45) is 16.8 Å². The molecule has 1 amide bonds. The van der Waals surface area contributed by atoms with Gasteiger partial charge in [-0.1, -0.05) is 30.0 Å². The van der Waals surface area contributed by atoms with Gasteiger partial charge in [0, 0.05) is 24.0 Å². The number of fused-ring (bicyclic) bond motifs is 2. The number of para-hydroxylation sites is 1. The van der Waals surface area contributed by atoms with E-state index in [0.717, 1.165) is 23.9 Å². The summed E-state index contributed by atoms with van der Waals surface area (Å²) in [7, 11) is 0. The minimum Gasteiger partial charge on any atom is -0.493 e. The predicted molar refractivity (Wildman–Crippen MR) is 109 cm³/mol. The first kappa shape index (κ1) is 21.6. The number of halogens is 4. The van der Waals surface area contributed by atoms with Crippen LogP contribution in [-0.4, -0.2) is 29.1 Å². The zero-order valence-corrected chi connectivity index (χ0v) is 17.3. The van der Waals surface area contributed by atoms with Crippen molar-refractivity contribution in [3.8, 4) is 5.75 Å². The Morgan fingerprint density at radius 2 is 2.06 bits per heavy atom. The number of hydrogen-bond donors (Lipinski definition) is 1. The van der Waals surface area contributed by atoms with E-state index in [1.54, 1.807) is 24.3 Å². The molecule has 31 heavy (non-hydrogen) atoms. The highest BCUT2D eigenvalue weighted by Gasteiger charge is 2.56. The third kappa shape index (κ3) is 3.57. The van der Waals surface area contributed by atoms with Crippen LogP contribution in [0.2, 0.25) is 0 Å². The molecule has 0 saturated carbocycles. The lowest BCUT2D eigenvalue weighted by atomic mass is 9.86. The second kappa shape index (κ2) is 7.83. The molecule has 10 heteroatoms. The number of ether oxygens (including phenoxy) is 1. The van der Waals surface area contributed by atoms with Crippen molar-refractivity contribution >= 4 is 22.7 Å². The topological polar surface area (TPSA) is 67.9 Å². The van der Waals surface area contributed by atoms with Crippen LogP contribution in [0, 0.1) is 11.7 Å². The summed E-state index contributed by atoms with van der Waals surface area (Å²) in [6.45, 7) is 1.85. The lowest BCUT2D eigenvalue weighted by Crippen LogP contribution is -2.51. The fourth-order valence-electron chi connectivity index (χ4n) is 3.97. The molecule has 2 aliphatic rings. The molecule has 0 unspecified atom stereocenters. The Labute approximate surface area is 180 Å². The number of hydrogen-bond acceptors (Lipinski definition) is 5. The van der Waals surface area contributed by atoms with Gasteiger partial charge < -0.3 is 10.5 Å². The monoisotopic (exact) mass is 453 g/mol. The molecule has 2 aromatic carbocycles. The molecular formula is C21H19F4N3O2S. The van der Waals surface area contributed by atoms with Gasteiger partial charge in [-0.2, -0.15) is 18.3 Å². The van der Waals surface area contributed by atoms with Crippen LogP contribution in [0.1, 0.15) is 30.0 Å². The number of carbonyl (C=O) groups excluding carboxylic acids is 1. The molecule has 164 valence electrons. The Kier molecular flexibility index (Phi) is 5.47. The Morgan fingerprint density at radius 3 is 2.74 bits per heavy atom. The highest BCUT2D eigenvalue weighted by Crippen LogP contribution is 2.57. The summed E-state index contributed by atoms with van der Waals surface area (Å²) in [5.74, 6) is -1.05. The maximum Gasteiger partial charge on any atom is 0.416 e. The van der Waals surface area contributed by atoms with E-state index >= 15 is 0 Å². The molecule has 0 bridgehead atoms. The number of thioether (sulfide) groups is 1. The average molecular weight is 453 g/mol. The first-order valence-electron chi connectivity index (χ1n) is 9.56. The minimum atomic E-state index is -4.64. The summed E-state index contributed by atoms with van der Waals surface area (Å²) in [4.78, 5) is 11.5. The van der Waals surface area contributed by atoms with Crippen molar-refractivity contribution in [2.45, 2.75) is 24.4 Å². The molecule has 2 aromatic rings. The van der Waals surface area contributed by atoms with E-state index in [1.807, 2.05) is 0 Å². The van der Waals surface area contributed by atoms with E-state index in [1.165, 1.54) is 11.9 Å². The number of nitrogens with two attached hydrogens (primary N) is 1.